The van der Waals surface area contributed by atoms with Crippen molar-refractivity contribution in [3.05, 3.63) is 59.4 Å². The number of thioether (sulfide) groups is 1. The Hall–Kier alpha value is -3.33. The van der Waals surface area contributed by atoms with Crippen molar-refractivity contribution in [1.82, 2.24) is 14.8 Å². The number of amides is 2. The molecule has 0 bridgehead atoms. The first kappa shape index (κ1) is 23.3. The third kappa shape index (κ3) is 5.88. The van der Waals surface area contributed by atoms with Crippen LogP contribution in [0.25, 0.3) is 0 Å². The van der Waals surface area contributed by atoms with E-state index >= 15 is 0 Å². The van der Waals surface area contributed by atoms with E-state index in [4.69, 9.17) is 4.74 Å². The van der Waals surface area contributed by atoms with Crippen LogP contribution >= 0.6 is 11.8 Å². The second kappa shape index (κ2) is 10.8. The first-order valence-electron chi connectivity index (χ1n) is 10.3. The van der Waals surface area contributed by atoms with E-state index in [2.05, 4.69) is 20.8 Å². The highest BCUT2D eigenvalue weighted by molar-refractivity contribution is 7.99. The molecule has 0 spiro atoms. The number of ether oxygens (including phenoxy) is 1. The number of hydrogen-bond donors (Lipinski definition) is 2. The Kier molecular flexibility index (Phi) is 7.88. The van der Waals surface area contributed by atoms with Gasteiger partial charge in [0.1, 0.15) is 11.6 Å². The molecule has 2 amide bonds. The van der Waals surface area contributed by atoms with E-state index in [0.29, 0.717) is 29.0 Å². The molecule has 168 valence electrons. The number of hydrogen-bond acceptors (Lipinski definition) is 6. The lowest BCUT2D eigenvalue weighted by molar-refractivity contribution is -0.116. The van der Waals surface area contributed by atoms with Crippen LogP contribution in [0.3, 0.4) is 0 Å². The van der Waals surface area contributed by atoms with Crippen LogP contribution in [0.1, 0.15) is 23.9 Å². The van der Waals surface area contributed by atoms with Crippen molar-refractivity contribution < 1.29 is 14.3 Å². The molecule has 0 aliphatic rings. The average molecular weight is 454 g/mol. The monoisotopic (exact) mass is 453 g/mol. The molecule has 0 aliphatic carbocycles. The summed E-state index contributed by atoms with van der Waals surface area (Å²) in [5.41, 5.74) is 3.52. The Morgan fingerprint density at radius 3 is 2.44 bits per heavy atom. The van der Waals surface area contributed by atoms with Gasteiger partial charge >= 0.3 is 0 Å². The van der Waals surface area contributed by atoms with E-state index in [1.54, 1.807) is 25.3 Å². The number of carbonyl (C=O) groups is 2. The first-order valence-corrected chi connectivity index (χ1v) is 11.2. The zero-order valence-electron chi connectivity index (χ0n) is 18.6. The van der Waals surface area contributed by atoms with Gasteiger partial charge in [-0.05, 0) is 44.0 Å². The van der Waals surface area contributed by atoms with E-state index in [1.807, 2.05) is 49.6 Å². The highest BCUT2D eigenvalue weighted by Crippen LogP contribution is 2.22. The van der Waals surface area contributed by atoms with Crippen LogP contribution in [0.5, 0.6) is 5.75 Å². The van der Waals surface area contributed by atoms with Crippen molar-refractivity contribution in [2.24, 2.45) is 0 Å². The van der Waals surface area contributed by atoms with Gasteiger partial charge in [0.15, 0.2) is 5.16 Å². The van der Waals surface area contributed by atoms with Gasteiger partial charge in [-0.3, -0.25) is 9.59 Å². The van der Waals surface area contributed by atoms with Gasteiger partial charge in [-0.15, -0.1) is 10.2 Å². The molecular formula is C23H27N5O3S. The van der Waals surface area contributed by atoms with Crippen molar-refractivity contribution in [2.75, 3.05) is 23.5 Å². The minimum absolute atomic E-state index is 0.0766. The minimum Gasteiger partial charge on any atom is -0.497 e. The molecule has 32 heavy (non-hydrogen) atoms. The summed E-state index contributed by atoms with van der Waals surface area (Å²) in [5.74, 6) is 1.09. The molecule has 3 aromatic rings. The number of nitrogens with zero attached hydrogens (tertiary/aromatic N) is 3. The van der Waals surface area contributed by atoms with E-state index in [9.17, 15) is 9.59 Å². The summed E-state index contributed by atoms with van der Waals surface area (Å²) < 4.78 is 7.03. The largest absolute Gasteiger partial charge is 0.497 e. The van der Waals surface area contributed by atoms with Gasteiger partial charge in [-0.2, -0.15) is 0 Å². The molecule has 2 aromatic carbocycles. The van der Waals surface area contributed by atoms with Gasteiger partial charge in [0.2, 0.25) is 11.8 Å². The van der Waals surface area contributed by atoms with Crippen LogP contribution in [0.15, 0.2) is 47.6 Å². The molecule has 0 fully saturated rings. The van der Waals surface area contributed by atoms with Crippen LogP contribution in [0.2, 0.25) is 0 Å². The van der Waals surface area contributed by atoms with Gasteiger partial charge in [-0.1, -0.05) is 36.0 Å². The molecule has 0 radical (unpaired) electrons. The van der Waals surface area contributed by atoms with Crippen molar-refractivity contribution >= 4 is 35.0 Å². The van der Waals surface area contributed by atoms with E-state index in [-0.39, 0.29) is 24.0 Å². The van der Waals surface area contributed by atoms with Gasteiger partial charge in [0.25, 0.3) is 0 Å². The van der Waals surface area contributed by atoms with Crippen molar-refractivity contribution in [3.8, 4) is 5.75 Å². The molecule has 0 atom stereocenters. The summed E-state index contributed by atoms with van der Waals surface area (Å²) in [6, 6.07) is 13.0. The van der Waals surface area contributed by atoms with Crippen LogP contribution in [-0.2, 0) is 22.6 Å². The normalized spacial score (nSPS) is 10.6. The van der Waals surface area contributed by atoms with Gasteiger partial charge in [0, 0.05) is 24.0 Å². The molecule has 2 N–H and O–H groups in total. The Bertz CT molecular complexity index is 1090. The highest BCUT2D eigenvalue weighted by Gasteiger charge is 2.17. The second-order valence-corrected chi connectivity index (χ2v) is 8.15. The summed E-state index contributed by atoms with van der Waals surface area (Å²) >= 11 is 1.30. The Labute approximate surface area is 191 Å². The van der Waals surface area contributed by atoms with Crippen molar-refractivity contribution in [2.45, 2.75) is 38.9 Å². The van der Waals surface area contributed by atoms with Crippen LogP contribution in [0, 0.1) is 13.8 Å². The van der Waals surface area contributed by atoms with Crippen LogP contribution in [-0.4, -0.2) is 39.4 Å². The lowest BCUT2D eigenvalue weighted by Crippen LogP contribution is -2.18. The number of aromatic nitrogens is 3. The third-order valence-corrected chi connectivity index (χ3v) is 5.83. The summed E-state index contributed by atoms with van der Waals surface area (Å²) in [6.07, 6.45) is 0.0766. The number of anilines is 2. The van der Waals surface area contributed by atoms with E-state index in [0.717, 1.165) is 16.8 Å². The number of aryl methyl sites for hydroxylation is 2. The summed E-state index contributed by atoms with van der Waals surface area (Å²) in [6.45, 7) is 6.47. The molecule has 1 aromatic heterocycles. The summed E-state index contributed by atoms with van der Waals surface area (Å²) in [4.78, 5) is 25.0. The highest BCUT2D eigenvalue weighted by atomic mass is 32.2. The molecule has 3 rings (SSSR count). The Morgan fingerprint density at radius 2 is 1.75 bits per heavy atom. The van der Waals surface area contributed by atoms with Gasteiger partial charge in [-0.25, -0.2) is 0 Å². The van der Waals surface area contributed by atoms with E-state index in [1.165, 1.54) is 11.8 Å². The fraction of sp³-hybridized carbons (Fsp3) is 0.304. The van der Waals surface area contributed by atoms with Gasteiger partial charge < -0.3 is 19.9 Å². The summed E-state index contributed by atoms with van der Waals surface area (Å²) in [7, 11) is 1.58. The summed E-state index contributed by atoms with van der Waals surface area (Å²) in [5, 5.41) is 14.8. The quantitative estimate of drug-likeness (QED) is 0.478. The first-order chi connectivity index (χ1) is 15.4. The average Bonchev–Trinajstić information content (AvgIpc) is 3.16. The predicted octanol–water partition coefficient (Wildman–Crippen LogP) is 3.84. The molecular weight excluding hydrogens is 426 g/mol. The molecule has 8 nitrogen and oxygen atoms in total. The molecule has 0 aliphatic heterocycles. The maximum absolute atomic E-state index is 12.5. The lowest BCUT2D eigenvalue weighted by Gasteiger charge is -2.11. The fourth-order valence-electron chi connectivity index (χ4n) is 3.24. The third-order valence-electron chi connectivity index (χ3n) is 4.86. The number of nitrogens with one attached hydrogen (secondary N) is 2. The number of methoxy groups -OCH3 is 1. The van der Waals surface area contributed by atoms with E-state index < -0.39 is 0 Å². The second-order valence-electron chi connectivity index (χ2n) is 7.20. The molecule has 0 saturated carbocycles. The maximum Gasteiger partial charge on any atom is 0.234 e. The standard InChI is InChI=1S/C23H27N5O3S/c1-5-28-19(13-20(29)24-17-10-7-11-18(12-17)31-4)26-27-23(28)32-14-21(30)25-22-15(2)8-6-9-16(22)3/h6-12H,5,13-14H2,1-4H3,(H,24,29)(H,25,30). The molecule has 1 heterocycles. The fourth-order valence-corrected chi connectivity index (χ4v) is 4.06. The predicted molar refractivity (Wildman–Crippen MR) is 126 cm³/mol. The number of carbonyl (C=O) groups excluding carboxylic acids is 2. The smallest absolute Gasteiger partial charge is 0.234 e. The van der Waals surface area contributed by atoms with Crippen LogP contribution in [0.4, 0.5) is 11.4 Å². The number of para-hydroxylation sites is 1. The lowest BCUT2D eigenvalue weighted by atomic mass is 10.1. The Balaban J connectivity index is 1.60. The zero-order chi connectivity index (χ0) is 23.1. The number of benzene rings is 2. The SMILES string of the molecule is CCn1c(CC(=O)Nc2cccc(OC)c2)nnc1SCC(=O)Nc1c(C)cccc1C. The topological polar surface area (TPSA) is 98.1 Å². The molecule has 0 saturated heterocycles. The maximum atomic E-state index is 12.5. The zero-order valence-corrected chi connectivity index (χ0v) is 19.5. The number of rotatable bonds is 9. The minimum atomic E-state index is -0.204. The molecule has 9 heteroatoms. The molecule has 0 unspecified atom stereocenters. The van der Waals surface area contributed by atoms with Crippen LogP contribution < -0.4 is 15.4 Å². The van der Waals surface area contributed by atoms with Crippen molar-refractivity contribution in [3.63, 3.8) is 0 Å². The Morgan fingerprint density at radius 1 is 1.03 bits per heavy atom. The van der Waals surface area contributed by atoms with Crippen molar-refractivity contribution in [1.29, 1.82) is 0 Å². The van der Waals surface area contributed by atoms with Gasteiger partial charge in [0.05, 0.1) is 19.3 Å².